The fraction of sp³-hybridized carbons (Fsp3) is 0. The van der Waals surface area contributed by atoms with Crippen LogP contribution in [0.25, 0.3) is 0 Å². The summed E-state index contributed by atoms with van der Waals surface area (Å²) in [6.45, 7) is 0. The van der Waals surface area contributed by atoms with E-state index in [-0.39, 0.29) is 16.4 Å². The second kappa shape index (κ2) is 7.27. The van der Waals surface area contributed by atoms with Gasteiger partial charge in [-0.25, -0.2) is 13.8 Å². The van der Waals surface area contributed by atoms with E-state index < -0.39 is 17.5 Å². The molecule has 0 aliphatic rings. The number of nitrogens with one attached hydrogen (secondary N) is 2. The molecule has 25 heavy (non-hydrogen) atoms. The van der Waals surface area contributed by atoms with Gasteiger partial charge in [0.2, 0.25) is 0 Å². The first kappa shape index (κ1) is 16.9. The summed E-state index contributed by atoms with van der Waals surface area (Å²) in [6, 6.07) is 13.3. The molecule has 0 unspecified atom stereocenters. The molecule has 0 saturated carbocycles. The summed E-state index contributed by atoms with van der Waals surface area (Å²) in [5.41, 5.74) is 0.589. The Hall–Kier alpha value is -2.99. The van der Waals surface area contributed by atoms with Crippen molar-refractivity contribution in [1.29, 1.82) is 0 Å². The van der Waals surface area contributed by atoms with Crippen LogP contribution in [0.4, 0.5) is 26.0 Å². The number of anilines is 3. The zero-order valence-corrected chi connectivity index (χ0v) is 13.5. The highest BCUT2D eigenvalue weighted by Crippen LogP contribution is 2.22. The van der Waals surface area contributed by atoms with Crippen molar-refractivity contribution in [2.45, 2.75) is 0 Å². The topological polar surface area (TPSA) is 54.0 Å². The molecule has 0 saturated heterocycles. The van der Waals surface area contributed by atoms with Gasteiger partial charge in [0.15, 0.2) is 0 Å². The van der Waals surface area contributed by atoms with Crippen LogP contribution in [-0.2, 0) is 0 Å². The first-order valence-corrected chi connectivity index (χ1v) is 7.65. The van der Waals surface area contributed by atoms with E-state index in [0.717, 1.165) is 6.07 Å². The Morgan fingerprint density at radius 1 is 0.960 bits per heavy atom. The molecule has 0 aliphatic carbocycles. The molecule has 4 nitrogen and oxygen atoms in total. The number of pyridine rings is 1. The van der Waals surface area contributed by atoms with E-state index in [4.69, 9.17) is 11.6 Å². The molecule has 3 rings (SSSR count). The summed E-state index contributed by atoms with van der Waals surface area (Å²) in [7, 11) is 0. The molecule has 0 bridgehead atoms. The molecule has 2 N–H and O–H groups in total. The van der Waals surface area contributed by atoms with E-state index in [1.165, 1.54) is 30.5 Å². The van der Waals surface area contributed by atoms with E-state index >= 15 is 0 Å². The lowest BCUT2D eigenvalue weighted by Crippen LogP contribution is -2.15. The maximum atomic E-state index is 13.7. The molecular weight excluding hydrogens is 348 g/mol. The third-order valence-electron chi connectivity index (χ3n) is 3.35. The number of amides is 1. The predicted octanol–water partition coefficient (Wildman–Crippen LogP) is 5.01. The molecule has 126 valence electrons. The van der Waals surface area contributed by atoms with E-state index in [9.17, 15) is 13.6 Å². The summed E-state index contributed by atoms with van der Waals surface area (Å²) >= 11 is 5.85. The third kappa shape index (κ3) is 3.92. The van der Waals surface area contributed by atoms with Crippen LogP contribution in [0.3, 0.4) is 0 Å². The summed E-state index contributed by atoms with van der Waals surface area (Å²) < 4.78 is 27.3. The first-order chi connectivity index (χ1) is 12.0. The van der Waals surface area contributed by atoms with E-state index in [1.807, 2.05) is 0 Å². The van der Waals surface area contributed by atoms with Crippen LogP contribution in [0, 0.1) is 11.6 Å². The Kier molecular flexibility index (Phi) is 4.90. The molecule has 0 spiro atoms. The quantitative estimate of drug-likeness (QED) is 0.688. The highest BCUT2D eigenvalue weighted by Gasteiger charge is 2.16. The van der Waals surface area contributed by atoms with Crippen LogP contribution in [0.2, 0.25) is 5.02 Å². The first-order valence-electron chi connectivity index (χ1n) is 7.27. The van der Waals surface area contributed by atoms with Crippen molar-refractivity contribution in [3.8, 4) is 0 Å². The zero-order valence-electron chi connectivity index (χ0n) is 12.8. The number of aromatic nitrogens is 1. The van der Waals surface area contributed by atoms with Crippen molar-refractivity contribution in [1.82, 2.24) is 4.98 Å². The van der Waals surface area contributed by atoms with E-state index in [0.29, 0.717) is 11.4 Å². The van der Waals surface area contributed by atoms with Crippen LogP contribution < -0.4 is 10.6 Å². The van der Waals surface area contributed by atoms with Gasteiger partial charge >= 0.3 is 0 Å². The van der Waals surface area contributed by atoms with Crippen LogP contribution >= 0.6 is 11.6 Å². The van der Waals surface area contributed by atoms with Crippen molar-refractivity contribution >= 4 is 34.7 Å². The summed E-state index contributed by atoms with van der Waals surface area (Å²) in [5, 5.41) is 5.35. The number of benzene rings is 2. The number of rotatable bonds is 4. The number of nitrogens with zero attached hydrogens (tertiary/aromatic N) is 1. The van der Waals surface area contributed by atoms with Gasteiger partial charge in [0.05, 0.1) is 28.2 Å². The Balaban J connectivity index is 1.73. The Morgan fingerprint density at radius 2 is 1.72 bits per heavy atom. The number of hydrogen-bond acceptors (Lipinski definition) is 3. The Labute approximate surface area is 147 Å². The number of carbonyl (C=O) groups excluding carboxylic acids is 1. The Morgan fingerprint density at radius 3 is 2.40 bits per heavy atom. The minimum Gasteiger partial charge on any atom is -0.352 e. The molecule has 3 aromatic rings. The minimum atomic E-state index is -0.720. The normalized spacial score (nSPS) is 10.4. The van der Waals surface area contributed by atoms with Gasteiger partial charge in [-0.1, -0.05) is 29.8 Å². The largest absolute Gasteiger partial charge is 0.352 e. The van der Waals surface area contributed by atoms with Crippen molar-refractivity contribution in [3.05, 3.63) is 83.0 Å². The molecule has 0 aliphatic heterocycles. The molecule has 2 aromatic carbocycles. The van der Waals surface area contributed by atoms with Crippen molar-refractivity contribution in [2.75, 3.05) is 10.6 Å². The van der Waals surface area contributed by atoms with Crippen LogP contribution in [0.15, 0.2) is 60.8 Å². The highest BCUT2D eigenvalue weighted by molar-refractivity contribution is 6.34. The lowest BCUT2D eigenvalue weighted by atomic mass is 10.2. The van der Waals surface area contributed by atoms with Gasteiger partial charge in [-0.2, -0.15) is 0 Å². The third-order valence-corrected chi connectivity index (χ3v) is 3.66. The lowest BCUT2D eigenvalue weighted by molar-refractivity contribution is 0.102. The molecule has 0 atom stereocenters. The van der Waals surface area contributed by atoms with Crippen molar-refractivity contribution in [2.24, 2.45) is 0 Å². The average Bonchev–Trinajstić information content (AvgIpc) is 2.58. The predicted molar refractivity (Wildman–Crippen MR) is 93.3 cm³/mol. The second-order valence-corrected chi connectivity index (χ2v) is 5.49. The average molecular weight is 360 g/mol. The van der Waals surface area contributed by atoms with Gasteiger partial charge in [0, 0.05) is 0 Å². The molecular formula is C18H12ClF2N3O. The summed E-state index contributed by atoms with van der Waals surface area (Å²) in [6.07, 6.45) is 1.42. The fourth-order valence-electron chi connectivity index (χ4n) is 2.15. The van der Waals surface area contributed by atoms with E-state index in [2.05, 4.69) is 15.6 Å². The van der Waals surface area contributed by atoms with Gasteiger partial charge in [-0.15, -0.1) is 0 Å². The highest BCUT2D eigenvalue weighted by atomic mass is 35.5. The number of hydrogen-bond donors (Lipinski definition) is 2. The van der Waals surface area contributed by atoms with E-state index in [1.54, 1.807) is 24.3 Å². The smallest absolute Gasteiger partial charge is 0.261 e. The standard InChI is InChI=1S/C18H12ClF2N3O/c19-12-4-3-6-14(21)17(12)18(25)24-16-9-8-11(10-22-16)23-15-7-2-1-5-13(15)20/h1-10,23H,(H,22,24,25). The molecule has 1 amide bonds. The van der Waals surface area contributed by atoms with Crippen LogP contribution in [0.5, 0.6) is 0 Å². The van der Waals surface area contributed by atoms with Crippen molar-refractivity contribution in [3.63, 3.8) is 0 Å². The molecule has 0 fully saturated rings. The van der Waals surface area contributed by atoms with Gasteiger partial charge in [0.1, 0.15) is 17.5 Å². The Bertz CT molecular complexity index is 896. The monoisotopic (exact) mass is 359 g/mol. The van der Waals surface area contributed by atoms with Gasteiger partial charge < -0.3 is 10.6 Å². The maximum Gasteiger partial charge on any atom is 0.261 e. The molecule has 1 heterocycles. The lowest BCUT2D eigenvalue weighted by Gasteiger charge is -2.09. The van der Waals surface area contributed by atoms with Crippen LogP contribution in [-0.4, -0.2) is 10.9 Å². The molecule has 1 aromatic heterocycles. The molecule has 7 heteroatoms. The minimum absolute atomic E-state index is 0.00957. The summed E-state index contributed by atoms with van der Waals surface area (Å²) in [4.78, 5) is 16.2. The van der Waals surface area contributed by atoms with Gasteiger partial charge in [-0.05, 0) is 36.4 Å². The zero-order chi connectivity index (χ0) is 17.8. The van der Waals surface area contributed by atoms with Crippen LogP contribution in [0.1, 0.15) is 10.4 Å². The number of carbonyl (C=O) groups is 1. The fourth-order valence-corrected chi connectivity index (χ4v) is 2.40. The van der Waals surface area contributed by atoms with Gasteiger partial charge in [0.25, 0.3) is 5.91 Å². The number of para-hydroxylation sites is 1. The number of halogens is 3. The van der Waals surface area contributed by atoms with Crippen molar-refractivity contribution < 1.29 is 13.6 Å². The SMILES string of the molecule is O=C(Nc1ccc(Nc2ccccc2F)cn1)c1c(F)cccc1Cl. The molecule has 0 radical (unpaired) electrons. The maximum absolute atomic E-state index is 13.7. The second-order valence-electron chi connectivity index (χ2n) is 5.09. The summed E-state index contributed by atoms with van der Waals surface area (Å²) in [5.74, 6) is -1.61. The van der Waals surface area contributed by atoms with Gasteiger partial charge in [-0.3, -0.25) is 4.79 Å².